The van der Waals surface area contributed by atoms with Crippen LogP contribution in [0.4, 0.5) is 0 Å². The highest BCUT2D eigenvalue weighted by Gasteiger charge is 2.17. The monoisotopic (exact) mass is 235 g/mol. The number of carbonyl (C=O) groups is 1. The Kier molecular flexibility index (Phi) is 6.29. The topological polar surface area (TPSA) is 81.1 Å². The molecule has 0 aliphatic heterocycles. The molecule has 0 aliphatic carbocycles. The molecular weight excluding hydrogens is 214 g/mol. The van der Waals surface area contributed by atoms with Gasteiger partial charge in [-0.2, -0.15) is 0 Å². The molecule has 1 aromatic rings. The maximum Gasteiger partial charge on any atom is 0.228 e. The van der Waals surface area contributed by atoms with Crippen LogP contribution in [0, 0.1) is 0 Å². The Balaban J connectivity index is 2.48. The molecule has 0 bridgehead atoms. The van der Waals surface area contributed by atoms with E-state index in [0.717, 1.165) is 18.4 Å². The Hall–Kier alpha value is -1.39. The van der Waals surface area contributed by atoms with Gasteiger partial charge in [0.25, 0.3) is 0 Å². The van der Waals surface area contributed by atoms with E-state index in [9.17, 15) is 4.79 Å². The third-order valence-electron chi connectivity index (χ3n) is 2.68. The predicted molar refractivity (Wildman–Crippen MR) is 69.5 cm³/mol. The lowest BCUT2D eigenvalue weighted by Crippen LogP contribution is -2.34. The summed E-state index contributed by atoms with van der Waals surface area (Å²) in [7, 11) is 0. The van der Waals surface area contributed by atoms with Crippen molar-refractivity contribution in [1.82, 2.24) is 5.32 Å². The zero-order chi connectivity index (χ0) is 12.5. The molecule has 4 nitrogen and oxygen atoms in total. The molecule has 0 fully saturated rings. The summed E-state index contributed by atoms with van der Waals surface area (Å²) in [6.45, 7) is 1.65. The summed E-state index contributed by atoms with van der Waals surface area (Å²) in [5, 5.41) is 2.89. The molecule has 1 aromatic carbocycles. The van der Waals surface area contributed by atoms with Crippen LogP contribution in [0.25, 0.3) is 0 Å². The standard InChI is InChI=1S/C13H21N3O/c14-8-4-5-9-16-13(17)12(10-15)11-6-2-1-3-7-11/h1-3,6-7,12H,4-5,8-10,14-15H2,(H,16,17). The normalized spacial score (nSPS) is 12.1. The van der Waals surface area contributed by atoms with Crippen LogP contribution >= 0.6 is 0 Å². The second-order valence-corrected chi connectivity index (χ2v) is 3.99. The van der Waals surface area contributed by atoms with Crippen LogP contribution in [0.15, 0.2) is 30.3 Å². The van der Waals surface area contributed by atoms with Crippen molar-refractivity contribution in [1.29, 1.82) is 0 Å². The number of hydrogen-bond donors (Lipinski definition) is 3. The van der Waals surface area contributed by atoms with Gasteiger partial charge in [-0.25, -0.2) is 0 Å². The number of benzene rings is 1. The Bertz CT molecular complexity index is 327. The number of unbranched alkanes of at least 4 members (excludes halogenated alkanes) is 1. The third-order valence-corrected chi connectivity index (χ3v) is 2.68. The largest absolute Gasteiger partial charge is 0.356 e. The fourth-order valence-corrected chi connectivity index (χ4v) is 1.68. The highest BCUT2D eigenvalue weighted by molar-refractivity contribution is 5.83. The van der Waals surface area contributed by atoms with Crippen LogP contribution in [0.1, 0.15) is 24.3 Å². The molecule has 1 rings (SSSR count). The minimum Gasteiger partial charge on any atom is -0.356 e. The van der Waals surface area contributed by atoms with E-state index >= 15 is 0 Å². The van der Waals surface area contributed by atoms with Crippen molar-refractivity contribution in [3.05, 3.63) is 35.9 Å². The van der Waals surface area contributed by atoms with Crippen LogP contribution in [-0.2, 0) is 4.79 Å². The van der Waals surface area contributed by atoms with Gasteiger partial charge in [-0.15, -0.1) is 0 Å². The van der Waals surface area contributed by atoms with E-state index in [1.54, 1.807) is 0 Å². The van der Waals surface area contributed by atoms with Crippen molar-refractivity contribution in [2.75, 3.05) is 19.6 Å². The van der Waals surface area contributed by atoms with Gasteiger partial charge >= 0.3 is 0 Å². The van der Waals surface area contributed by atoms with Gasteiger partial charge < -0.3 is 16.8 Å². The first kappa shape index (κ1) is 13.7. The first-order chi connectivity index (χ1) is 8.29. The van der Waals surface area contributed by atoms with E-state index in [0.29, 0.717) is 19.6 Å². The van der Waals surface area contributed by atoms with Crippen molar-refractivity contribution in [2.45, 2.75) is 18.8 Å². The van der Waals surface area contributed by atoms with Crippen molar-refractivity contribution < 1.29 is 4.79 Å². The van der Waals surface area contributed by atoms with Crippen molar-refractivity contribution in [3.63, 3.8) is 0 Å². The molecule has 1 unspecified atom stereocenters. The smallest absolute Gasteiger partial charge is 0.228 e. The zero-order valence-corrected chi connectivity index (χ0v) is 10.1. The van der Waals surface area contributed by atoms with Crippen LogP contribution in [0.3, 0.4) is 0 Å². The number of rotatable bonds is 7. The summed E-state index contributed by atoms with van der Waals surface area (Å²) < 4.78 is 0. The molecule has 1 atom stereocenters. The van der Waals surface area contributed by atoms with E-state index in [1.807, 2.05) is 30.3 Å². The van der Waals surface area contributed by atoms with Gasteiger partial charge in [0.05, 0.1) is 5.92 Å². The van der Waals surface area contributed by atoms with E-state index in [2.05, 4.69) is 5.32 Å². The molecule has 0 saturated carbocycles. The lowest BCUT2D eigenvalue weighted by molar-refractivity contribution is -0.122. The molecule has 94 valence electrons. The Morgan fingerprint density at radius 2 is 1.88 bits per heavy atom. The highest BCUT2D eigenvalue weighted by Crippen LogP contribution is 2.13. The van der Waals surface area contributed by atoms with Crippen LogP contribution in [0.2, 0.25) is 0 Å². The zero-order valence-electron chi connectivity index (χ0n) is 10.1. The average Bonchev–Trinajstić information content (AvgIpc) is 2.37. The van der Waals surface area contributed by atoms with E-state index < -0.39 is 0 Å². The van der Waals surface area contributed by atoms with Gasteiger partial charge in [0.1, 0.15) is 0 Å². The summed E-state index contributed by atoms with van der Waals surface area (Å²) in [4.78, 5) is 11.9. The van der Waals surface area contributed by atoms with Crippen LogP contribution in [-0.4, -0.2) is 25.5 Å². The minimum absolute atomic E-state index is 0.00396. The second-order valence-electron chi connectivity index (χ2n) is 3.99. The first-order valence-corrected chi connectivity index (χ1v) is 6.02. The van der Waals surface area contributed by atoms with E-state index in [1.165, 1.54) is 0 Å². The van der Waals surface area contributed by atoms with Crippen LogP contribution in [0.5, 0.6) is 0 Å². The van der Waals surface area contributed by atoms with E-state index in [-0.39, 0.29) is 11.8 Å². The maximum atomic E-state index is 11.9. The fourth-order valence-electron chi connectivity index (χ4n) is 1.68. The number of nitrogens with one attached hydrogen (secondary N) is 1. The lowest BCUT2D eigenvalue weighted by Gasteiger charge is -2.15. The summed E-state index contributed by atoms with van der Waals surface area (Å²) in [6.07, 6.45) is 1.84. The van der Waals surface area contributed by atoms with Gasteiger partial charge in [0.15, 0.2) is 0 Å². The van der Waals surface area contributed by atoms with Crippen molar-refractivity contribution >= 4 is 5.91 Å². The van der Waals surface area contributed by atoms with Crippen molar-refractivity contribution in [2.24, 2.45) is 11.5 Å². The van der Waals surface area contributed by atoms with Gasteiger partial charge in [-0.3, -0.25) is 4.79 Å². The summed E-state index contributed by atoms with van der Waals surface area (Å²) in [5.41, 5.74) is 12.0. The Morgan fingerprint density at radius 1 is 1.18 bits per heavy atom. The highest BCUT2D eigenvalue weighted by atomic mass is 16.1. The molecule has 17 heavy (non-hydrogen) atoms. The molecule has 0 heterocycles. The molecule has 5 N–H and O–H groups in total. The number of hydrogen-bond acceptors (Lipinski definition) is 3. The molecule has 1 amide bonds. The Morgan fingerprint density at radius 3 is 2.47 bits per heavy atom. The second kappa shape index (κ2) is 7.81. The summed E-state index contributed by atoms with van der Waals surface area (Å²) in [5.74, 6) is -0.259. The molecule has 0 spiro atoms. The number of amides is 1. The molecule has 0 aliphatic rings. The molecule has 4 heteroatoms. The van der Waals surface area contributed by atoms with Crippen LogP contribution < -0.4 is 16.8 Å². The SMILES string of the molecule is NCCCCNC(=O)C(CN)c1ccccc1. The fraction of sp³-hybridized carbons (Fsp3) is 0.462. The molecule has 0 radical (unpaired) electrons. The summed E-state index contributed by atoms with van der Waals surface area (Å²) >= 11 is 0. The summed E-state index contributed by atoms with van der Waals surface area (Å²) in [6, 6.07) is 9.61. The van der Waals surface area contributed by atoms with Gasteiger partial charge in [0, 0.05) is 13.1 Å². The maximum absolute atomic E-state index is 11.9. The number of carbonyl (C=O) groups excluding carboxylic acids is 1. The average molecular weight is 235 g/mol. The van der Waals surface area contributed by atoms with Gasteiger partial charge in [-0.05, 0) is 24.9 Å². The van der Waals surface area contributed by atoms with Gasteiger partial charge in [-0.1, -0.05) is 30.3 Å². The first-order valence-electron chi connectivity index (χ1n) is 6.02. The molecule has 0 aromatic heterocycles. The van der Waals surface area contributed by atoms with Crippen molar-refractivity contribution in [3.8, 4) is 0 Å². The predicted octanol–water partition coefficient (Wildman–Crippen LogP) is 0.584. The minimum atomic E-state index is -0.255. The quantitative estimate of drug-likeness (QED) is 0.605. The Labute approximate surface area is 102 Å². The van der Waals surface area contributed by atoms with Gasteiger partial charge in [0.2, 0.25) is 5.91 Å². The molecular formula is C13H21N3O. The lowest BCUT2D eigenvalue weighted by atomic mass is 9.98. The number of nitrogens with two attached hydrogens (primary N) is 2. The third kappa shape index (κ3) is 4.54. The van der Waals surface area contributed by atoms with E-state index in [4.69, 9.17) is 11.5 Å². The molecule has 0 saturated heterocycles.